The normalized spacial score (nSPS) is 12.3. The summed E-state index contributed by atoms with van der Waals surface area (Å²) in [6.07, 6.45) is 1.16. The smallest absolute Gasteiger partial charge is 0.231 e. The molecule has 4 rings (SSSR count). The maximum atomic E-state index is 13.0. The van der Waals surface area contributed by atoms with E-state index in [0.29, 0.717) is 49.1 Å². The zero-order chi connectivity index (χ0) is 28.6. The molecular weight excluding hydrogens is 539 g/mol. The van der Waals surface area contributed by atoms with Crippen molar-refractivity contribution in [1.29, 1.82) is 5.41 Å². The number of aliphatic hydroxyl groups is 1. The second-order valence-electron chi connectivity index (χ2n) is 9.56. The number of benzene rings is 2. The number of nitrogens with two attached hydrogens (primary N) is 1. The number of pyridine rings is 1. The number of ketones is 1. The maximum absolute atomic E-state index is 13.0. The number of Topliss-reactive ketones (excluding diaryl/α,β-unsaturated/α-hetero) is 1. The number of nitrogens with one attached hydrogen (secondary N) is 2. The van der Waals surface area contributed by atoms with Crippen molar-refractivity contribution < 1.29 is 19.1 Å². The SMILES string of the molecule is CC(=O)Nc1c(C(=O)C(C)(C)O)oc2nc(-c3ccc(/C(C=N)=C(\C)N)cc3Cl)c(-c3ccc(Cl)cc3)cc12. The van der Waals surface area contributed by atoms with Crippen LogP contribution in [0.1, 0.15) is 43.8 Å². The lowest BCUT2D eigenvalue weighted by Gasteiger charge is -2.14. The minimum Gasteiger partial charge on any atom is -0.432 e. The summed E-state index contributed by atoms with van der Waals surface area (Å²) in [7, 11) is 0. The third-order valence-corrected chi connectivity index (χ3v) is 6.57. The summed E-state index contributed by atoms with van der Waals surface area (Å²) >= 11 is 12.9. The minimum atomic E-state index is -1.76. The van der Waals surface area contributed by atoms with Crippen LogP contribution in [0.25, 0.3) is 39.1 Å². The van der Waals surface area contributed by atoms with Gasteiger partial charge in [0.1, 0.15) is 11.3 Å². The van der Waals surface area contributed by atoms with Gasteiger partial charge in [0, 0.05) is 40.6 Å². The number of nitrogens with zero attached hydrogens (tertiary/aromatic N) is 1. The molecule has 0 radical (unpaired) electrons. The Labute approximate surface area is 234 Å². The first kappa shape index (κ1) is 28.0. The van der Waals surface area contributed by atoms with Gasteiger partial charge in [-0.05, 0) is 56.2 Å². The van der Waals surface area contributed by atoms with E-state index in [1.807, 2.05) is 12.1 Å². The molecule has 10 heteroatoms. The molecule has 0 atom stereocenters. The molecular formula is C29H26Cl2N4O4. The molecule has 0 bridgehead atoms. The number of furan rings is 1. The van der Waals surface area contributed by atoms with Gasteiger partial charge in [0.05, 0.1) is 16.1 Å². The Morgan fingerprint density at radius 3 is 2.28 bits per heavy atom. The number of carbonyl (C=O) groups is 2. The van der Waals surface area contributed by atoms with Gasteiger partial charge >= 0.3 is 0 Å². The average Bonchev–Trinajstić information content (AvgIpc) is 3.19. The number of rotatable bonds is 7. The number of anilines is 1. The van der Waals surface area contributed by atoms with Crippen LogP contribution in [0.15, 0.2) is 58.6 Å². The summed E-state index contributed by atoms with van der Waals surface area (Å²) in [4.78, 5) is 29.8. The fourth-order valence-electron chi connectivity index (χ4n) is 4.12. The number of fused-ring (bicyclic) bond motifs is 1. The summed E-state index contributed by atoms with van der Waals surface area (Å²) in [6.45, 7) is 5.67. The molecule has 0 saturated heterocycles. The van der Waals surface area contributed by atoms with Gasteiger partial charge in [-0.15, -0.1) is 0 Å². The number of allylic oxidation sites excluding steroid dienone is 2. The highest BCUT2D eigenvalue weighted by Gasteiger charge is 2.33. The van der Waals surface area contributed by atoms with Gasteiger partial charge in [0.2, 0.25) is 17.4 Å². The van der Waals surface area contributed by atoms with E-state index < -0.39 is 17.3 Å². The topological polar surface area (TPSA) is 142 Å². The van der Waals surface area contributed by atoms with Crippen LogP contribution in [0.2, 0.25) is 10.0 Å². The highest BCUT2D eigenvalue weighted by Crippen LogP contribution is 2.41. The van der Waals surface area contributed by atoms with Gasteiger partial charge < -0.3 is 26.0 Å². The van der Waals surface area contributed by atoms with Crippen LogP contribution in [0.5, 0.6) is 0 Å². The van der Waals surface area contributed by atoms with Crippen LogP contribution < -0.4 is 11.1 Å². The van der Waals surface area contributed by atoms with Crippen LogP contribution in [-0.4, -0.2) is 33.6 Å². The monoisotopic (exact) mass is 564 g/mol. The Hall–Kier alpha value is -3.98. The Bertz CT molecular complexity index is 1660. The minimum absolute atomic E-state index is 0.0667. The molecule has 0 aliphatic heterocycles. The van der Waals surface area contributed by atoms with E-state index in [0.717, 1.165) is 11.8 Å². The molecule has 0 unspecified atom stereocenters. The van der Waals surface area contributed by atoms with Crippen molar-refractivity contribution in [2.24, 2.45) is 5.73 Å². The number of amides is 1. The Balaban J connectivity index is 2.05. The highest BCUT2D eigenvalue weighted by molar-refractivity contribution is 6.34. The predicted octanol–water partition coefficient (Wildman–Crippen LogP) is 6.72. The number of aromatic nitrogens is 1. The molecule has 5 N–H and O–H groups in total. The molecule has 8 nitrogen and oxygen atoms in total. The van der Waals surface area contributed by atoms with Crippen LogP contribution in [0.3, 0.4) is 0 Å². The van der Waals surface area contributed by atoms with Crippen molar-refractivity contribution in [3.8, 4) is 22.4 Å². The van der Waals surface area contributed by atoms with Gasteiger partial charge in [-0.2, -0.15) is 0 Å². The molecule has 39 heavy (non-hydrogen) atoms. The van der Waals surface area contributed by atoms with Crippen LogP contribution in [0.4, 0.5) is 5.69 Å². The van der Waals surface area contributed by atoms with Crippen molar-refractivity contribution in [3.05, 3.63) is 75.6 Å². The number of hydrogen-bond donors (Lipinski definition) is 4. The third-order valence-electron chi connectivity index (χ3n) is 6.01. The van der Waals surface area contributed by atoms with Crippen molar-refractivity contribution in [2.45, 2.75) is 33.3 Å². The summed E-state index contributed by atoms with van der Waals surface area (Å²) in [5, 5.41) is 22.0. The van der Waals surface area contributed by atoms with Crippen molar-refractivity contribution in [2.75, 3.05) is 5.32 Å². The van der Waals surface area contributed by atoms with Crippen LogP contribution in [0, 0.1) is 5.41 Å². The third kappa shape index (κ3) is 5.59. The molecule has 0 saturated carbocycles. The fraction of sp³-hybridized carbons (Fsp3) is 0.172. The first-order chi connectivity index (χ1) is 18.3. The molecule has 4 aromatic rings. The summed E-state index contributed by atoms with van der Waals surface area (Å²) in [5.41, 5.74) is 8.38. The van der Waals surface area contributed by atoms with Gasteiger partial charge in [-0.3, -0.25) is 9.59 Å². The van der Waals surface area contributed by atoms with Crippen LogP contribution >= 0.6 is 23.2 Å². The molecule has 0 fully saturated rings. The van der Waals surface area contributed by atoms with Gasteiger partial charge in [0.25, 0.3) is 0 Å². The largest absolute Gasteiger partial charge is 0.432 e. The summed E-state index contributed by atoms with van der Waals surface area (Å²) in [5.74, 6) is -1.37. The van der Waals surface area contributed by atoms with Crippen molar-refractivity contribution >= 4 is 63.5 Å². The Morgan fingerprint density at radius 1 is 1.08 bits per heavy atom. The lowest BCUT2D eigenvalue weighted by molar-refractivity contribution is -0.114. The molecule has 0 aliphatic rings. The molecule has 1 amide bonds. The molecule has 2 heterocycles. The molecule has 2 aromatic carbocycles. The molecule has 0 spiro atoms. The highest BCUT2D eigenvalue weighted by atomic mass is 35.5. The maximum Gasteiger partial charge on any atom is 0.231 e. The quantitative estimate of drug-likeness (QED) is 0.145. The lowest BCUT2D eigenvalue weighted by atomic mass is 9.95. The van der Waals surface area contributed by atoms with Crippen molar-refractivity contribution in [1.82, 2.24) is 4.98 Å². The van der Waals surface area contributed by atoms with E-state index in [-0.39, 0.29) is 17.2 Å². The first-order valence-corrected chi connectivity index (χ1v) is 12.6. The van der Waals surface area contributed by atoms with E-state index in [4.69, 9.17) is 43.7 Å². The predicted molar refractivity (Wildman–Crippen MR) is 155 cm³/mol. The average molecular weight is 565 g/mol. The van der Waals surface area contributed by atoms with E-state index in [1.54, 1.807) is 43.3 Å². The number of hydrogen-bond acceptors (Lipinski definition) is 7. The zero-order valence-electron chi connectivity index (χ0n) is 21.6. The molecule has 0 aliphatic carbocycles. The summed E-state index contributed by atoms with van der Waals surface area (Å²) in [6, 6.07) is 14.1. The van der Waals surface area contributed by atoms with Gasteiger partial charge in [-0.1, -0.05) is 47.5 Å². The van der Waals surface area contributed by atoms with Crippen LogP contribution in [-0.2, 0) is 4.79 Å². The first-order valence-electron chi connectivity index (χ1n) is 11.9. The zero-order valence-corrected chi connectivity index (χ0v) is 23.2. The fourth-order valence-corrected chi connectivity index (χ4v) is 4.51. The lowest BCUT2D eigenvalue weighted by Crippen LogP contribution is -2.31. The van der Waals surface area contributed by atoms with E-state index >= 15 is 0 Å². The van der Waals surface area contributed by atoms with Gasteiger partial charge in [-0.25, -0.2) is 4.98 Å². The molecule has 2 aromatic heterocycles. The van der Waals surface area contributed by atoms with E-state index in [9.17, 15) is 14.7 Å². The number of halogens is 2. The Kier molecular flexibility index (Phi) is 7.66. The van der Waals surface area contributed by atoms with E-state index in [1.165, 1.54) is 20.8 Å². The number of carbonyl (C=O) groups excluding carboxylic acids is 2. The molecule has 200 valence electrons. The summed E-state index contributed by atoms with van der Waals surface area (Å²) < 4.78 is 5.86. The Morgan fingerprint density at radius 2 is 1.74 bits per heavy atom. The van der Waals surface area contributed by atoms with Crippen molar-refractivity contribution in [3.63, 3.8) is 0 Å². The second kappa shape index (κ2) is 10.6. The van der Waals surface area contributed by atoms with E-state index in [2.05, 4.69) is 5.32 Å². The second-order valence-corrected chi connectivity index (χ2v) is 10.4. The van der Waals surface area contributed by atoms with Gasteiger partial charge in [0.15, 0.2) is 5.76 Å². The standard InChI is InChI=1S/C29H26Cl2N4O4/c1-14(33)22(13-32)17-7-10-19(23(31)11-17)24-20(16-5-8-18(30)9-6-16)12-21-25(34-15(2)36)26(39-28(21)35-24)27(37)29(3,4)38/h5-13,32,38H,33H2,1-4H3,(H,34,36)/b22-14+,32-13?.